The van der Waals surface area contributed by atoms with Crippen LogP contribution in [0.5, 0.6) is 0 Å². The highest BCUT2D eigenvalue weighted by atomic mass is 16.2. The molecule has 0 aromatic carbocycles. The second-order valence-electron chi connectivity index (χ2n) is 5.56. The average Bonchev–Trinajstić information content (AvgIpc) is 3.31. The Morgan fingerprint density at radius 3 is 3.00 bits per heavy atom. The maximum absolute atomic E-state index is 11.8. The maximum atomic E-state index is 11.8. The third kappa shape index (κ3) is 3.45. The molecule has 1 saturated heterocycles. The lowest BCUT2D eigenvalue weighted by Crippen LogP contribution is -2.48. The van der Waals surface area contributed by atoms with Crippen molar-refractivity contribution < 1.29 is 4.79 Å². The Morgan fingerprint density at radius 2 is 2.25 bits per heavy atom. The van der Waals surface area contributed by atoms with Gasteiger partial charge in [0.2, 0.25) is 0 Å². The number of rotatable bonds is 4. The summed E-state index contributed by atoms with van der Waals surface area (Å²) in [6.45, 7) is 1.89. The van der Waals surface area contributed by atoms with E-state index in [2.05, 4.69) is 25.7 Å². The number of amides is 2. The minimum Gasteiger partial charge on any atom is -0.336 e. The highest BCUT2D eigenvalue weighted by Crippen LogP contribution is 2.32. The smallest absolute Gasteiger partial charge is 0.320 e. The summed E-state index contributed by atoms with van der Waals surface area (Å²) in [6, 6.07) is 4.53. The summed E-state index contributed by atoms with van der Waals surface area (Å²) in [5, 5.41) is 13.2. The lowest BCUT2D eigenvalue weighted by atomic mass is 10.0. The fourth-order valence-electron chi connectivity index (χ4n) is 2.87. The van der Waals surface area contributed by atoms with Crippen molar-refractivity contribution in [1.82, 2.24) is 20.4 Å². The molecule has 2 N–H and O–H groups in total. The molecule has 1 aliphatic heterocycles. The highest BCUT2D eigenvalue weighted by molar-refractivity contribution is 5.88. The van der Waals surface area contributed by atoms with Crippen LogP contribution >= 0.6 is 0 Å². The first-order chi connectivity index (χ1) is 9.83. The summed E-state index contributed by atoms with van der Waals surface area (Å²) in [5.74, 6) is 0.479. The lowest BCUT2D eigenvalue weighted by Gasteiger charge is -2.35. The fraction of sp³-hybridized carbons (Fsp3) is 0.643. The molecule has 2 aliphatic rings. The summed E-state index contributed by atoms with van der Waals surface area (Å²) in [4.78, 5) is 14.4. The van der Waals surface area contributed by atoms with Gasteiger partial charge in [-0.3, -0.25) is 10.2 Å². The molecule has 1 aromatic heterocycles. The quantitative estimate of drug-likeness (QED) is 0.876. The zero-order valence-electron chi connectivity index (χ0n) is 11.6. The van der Waals surface area contributed by atoms with Crippen LogP contribution in [-0.4, -0.2) is 46.3 Å². The van der Waals surface area contributed by atoms with E-state index in [1.165, 1.54) is 38.6 Å². The van der Waals surface area contributed by atoms with Gasteiger partial charge in [-0.25, -0.2) is 4.79 Å². The summed E-state index contributed by atoms with van der Waals surface area (Å²) in [6.07, 6.45) is 7.96. The zero-order valence-corrected chi connectivity index (χ0v) is 11.6. The number of hydrogen-bond acceptors (Lipinski definition) is 4. The van der Waals surface area contributed by atoms with Crippen molar-refractivity contribution in [2.45, 2.75) is 44.2 Å². The summed E-state index contributed by atoms with van der Waals surface area (Å²) >= 11 is 0. The number of hydrogen-bond donors (Lipinski definition) is 2. The molecule has 1 atom stereocenters. The third-order valence-electron chi connectivity index (χ3n) is 4.00. The van der Waals surface area contributed by atoms with E-state index in [1.807, 2.05) is 0 Å². The summed E-state index contributed by atoms with van der Waals surface area (Å²) in [5.41, 5.74) is 0. The van der Waals surface area contributed by atoms with E-state index >= 15 is 0 Å². The zero-order chi connectivity index (χ0) is 13.8. The van der Waals surface area contributed by atoms with Crippen LogP contribution < -0.4 is 10.6 Å². The first-order valence-electron chi connectivity index (χ1n) is 7.41. The van der Waals surface area contributed by atoms with Crippen LogP contribution in [0.1, 0.15) is 32.1 Å². The van der Waals surface area contributed by atoms with Gasteiger partial charge in [0, 0.05) is 24.8 Å². The molecule has 1 saturated carbocycles. The predicted octanol–water partition coefficient (Wildman–Crippen LogP) is 1.61. The molecule has 0 bridgehead atoms. The standard InChI is InChI=1S/C14H21N5O/c20-14(17-13-5-3-8-16-18-13)15-10-12-4-1-2-9-19(12)11-6-7-11/h3,5,8,11-12H,1-2,4,6-7,9-10H2,(H2,15,17,18,20). The molecule has 2 heterocycles. The number of carbonyl (C=O) groups is 1. The molecule has 3 rings (SSSR count). The van der Waals surface area contributed by atoms with Crippen LogP contribution in [0.15, 0.2) is 18.3 Å². The molecule has 0 spiro atoms. The molecule has 6 nitrogen and oxygen atoms in total. The number of anilines is 1. The number of piperidine rings is 1. The van der Waals surface area contributed by atoms with Crippen molar-refractivity contribution in [2.75, 3.05) is 18.4 Å². The Balaban J connectivity index is 1.47. The van der Waals surface area contributed by atoms with Crippen LogP contribution in [0.2, 0.25) is 0 Å². The van der Waals surface area contributed by atoms with Gasteiger partial charge in [-0.2, -0.15) is 5.10 Å². The molecule has 1 aliphatic carbocycles. The van der Waals surface area contributed by atoms with Gasteiger partial charge in [0.25, 0.3) is 0 Å². The van der Waals surface area contributed by atoms with E-state index in [1.54, 1.807) is 18.3 Å². The topological polar surface area (TPSA) is 70.2 Å². The van der Waals surface area contributed by atoms with Crippen LogP contribution in [0.3, 0.4) is 0 Å². The fourth-order valence-corrected chi connectivity index (χ4v) is 2.87. The number of aromatic nitrogens is 2. The van der Waals surface area contributed by atoms with Crippen molar-refractivity contribution in [3.05, 3.63) is 18.3 Å². The molecule has 1 aromatic rings. The van der Waals surface area contributed by atoms with E-state index in [9.17, 15) is 4.79 Å². The first kappa shape index (κ1) is 13.3. The Labute approximate surface area is 118 Å². The molecule has 108 valence electrons. The molecule has 1 unspecified atom stereocenters. The normalized spacial score (nSPS) is 23.3. The molecule has 20 heavy (non-hydrogen) atoms. The van der Waals surface area contributed by atoms with Crippen LogP contribution in [0.25, 0.3) is 0 Å². The third-order valence-corrected chi connectivity index (χ3v) is 4.00. The largest absolute Gasteiger partial charge is 0.336 e. The highest BCUT2D eigenvalue weighted by Gasteiger charge is 2.35. The van der Waals surface area contributed by atoms with E-state index in [0.717, 1.165) is 6.04 Å². The molecule has 2 fully saturated rings. The predicted molar refractivity (Wildman–Crippen MR) is 76.4 cm³/mol. The number of carbonyl (C=O) groups excluding carboxylic acids is 1. The van der Waals surface area contributed by atoms with Gasteiger partial charge >= 0.3 is 6.03 Å². The Bertz CT molecular complexity index is 448. The van der Waals surface area contributed by atoms with Gasteiger partial charge in [-0.1, -0.05) is 6.42 Å². The van der Waals surface area contributed by atoms with Crippen molar-refractivity contribution >= 4 is 11.8 Å². The number of urea groups is 1. The van der Waals surface area contributed by atoms with Gasteiger partial charge in [0.1, 0.15) is 0 Å². The minimum absolute atomic E-state index is 0.202. The van der Waals surface area contributed by atoms with Crippen LogP contribution in [0.4, 0.5) is 10.6 Å². The Hall–Kier alpha value is -1.69. The molecular weight excluding hydrogens is 254 g/mol. The first-order valence-corrected chi connectivity index (χ1v) is 7.41. The molecular formula is C14H21N5O. The monoisotopic (exact) mass is 275 g/mol. The average molecular weight is 275 g/mol. The molecule has 6 heteroatoms. The van der Waals surface area contributed by atoms with Gasteiger partial charge < -0.3 is 5.32 Å². The lowest BCUT2D eigenvalue weighted by molar-refractivity contribution is 0.138. The second kappa shape index (κ2) is 6.17. The van der Waals surface area contributed by atoms with Crippen LogP contribution in [0, 0.1) is 0 Å². The van der Waals surface area contributed by atoms with Gasteiger partial charge in [-0.15, -0.1) is 5.10 Å². The van der Waals surface area contributed by atoms with E-state index < -0.39 is 0 Å². The van der Waals surface area contributed by atoms with Gasteiger partial charge in [-0.05, 0) is 44.4 Å². The van der Waals surface area contributed by atoms with Crippen molar-refractivity contribution in [3.8, 4) is 0 Å². The van der Waals surface area contributed by atoms with Crippen LogP contribution in [-0.2, 0) is 0 Å². The summed E-state index contributed by atoms with van der Waals surface area (Å²) < 4.78 is 0. The van der Waals surface area contributed by atoms with Crippen molar-refractivity contribution in [2.24, 2.45) is 0 Å². The van der Waals surface area contributed by atoms with Gasteiger partial charge in [0.05, 0.1) is 0 Å². The van der Waals surface area contributed by atoms with E-state index in [0.29, 0.717) is 18.4 Å². The van der Waals surface area contributed by atoms with E-state index in [-0.39, 0.29) is 6.03 Å². The maximum Gasteiger partial charge on any atom is 0.320 e. The van der Waals surface area contributed by atoms with Crippen molar-refractivity contribution in [3.63, 3.8) is 0 Å². The molecule has 2 amide bonds. The number of nitrogens with one attached hydrogen (secondary N) is 2. The Morgan fingerprint density at radius 1 is 1.35 bits per heavy atom. The molecule has 0 radical (unpaired) electrons. The van der Waals surface area contributed by atoms with Gasteiger partial charge in [0.15, 0.2) is 5.82 Å². The minimum atomic E-state index is -0.202. The van der Waals surface area contributed by atoms with E-state index in [4.69, 9.17) is 0 Å². The van der Waals surface area contributed by atoms with Crippen molar-refractivity contribution in [1.29, 1.82) is 0 Å². The SMILES string of the molecule is O=C(NCC1CCCCN1C1CC1)Nc1cccnn1. The number of likely N-dealkylation sites (tertiary alicyclic amines) is 1. The number of nitrogens with zero attached hydrogens (tertiary/aromatic N) is 3. The summed E-state index contributed by atoms with van der Waals surface area (Å²) in [7, 11) is 0. The second-order valence-corrected chi connectivity index (χ2v) is 5.56. The Kier molecular flexibility index (Phi) is 4.11.